The van der Waals surface area contributed by atoms with Crippen LogP contribution >= 0.6 is 39.1 Å². The van der Waals surface area contributed by atoms with Gasteiger partial charge in [0.2, 0.25) is 10.0 Å². The molecule has 0 aliphatic heterocycles. The molecular weight excluding hydrogens is 377 g/mol. The van der Waals surface area contributed by atoms with Crippen molar-refractivity contribution in [1.82, 2.24) is 4.31 Å². The first kappa shape index (κ1) is 17.2. The molecule has 108 valence electrons. The van der Waals surface area contributed by atoms with Gasteiger partial charge in [0.25, 0.3) is 0 Å². The highest BCUT2D eigenvalue weighted by Crippen LogP contribution is 2.36. The second kappa shape index (κ2) is 5.87. The fourth-order valence-electron chi connectivity index (χ4n) is 1.34. The Hall–Kier alpha value is 0.150. The zero-order valence-corrected chi connectivity index (χ0v) is 14.5. The Labute approximate surface area is 131 Å². The Morgan fingerprint density at radius 1 is 1.32 bits per heavy atom. The lowest BCUT2D eigenvalue weighted by molar-refractivity contribution is 0.138. The van der Waals surface area contributed by atoms with Crippen LogP contribution in [0.5, 0.6) is 0 Å². The van der Waals surface area contributed by atoms with Gasteiger partial charge in [-0.3, -0.25) is 0 Å². The smallest absolute Gasteiger partial charge is 0.246 e. The van der Waals surface area contributed by atoms with Gasteiger partial charge in [-0.05, 0) is 26.0 Å². The number of aliphatic hydroxyl groups is 1. The van der Waals surface area contributed by atoms with Crippen molar-refractivity contribution in [2.75, 3.05) is 13.7 Å². The highest BCUT2D eigenvalue weighted by molar-refractivity contribution is 9.10. The van der Waals surface area contributed by atoms with Crippen LogP contribution in [0.2, 0.25) is 10.0 Å². The molecule has 0 aromatic heterocycles. The van der Waals surface area contributed by atoms with E-state index >= 15 is 0 Å². The van der Waals surface area contributed by atoms with Gasteiger partial charge in [0.1, 0.15) is 4.90 Å². The van der Waals surface area contributed by atoms with Crippen LogP contribution < -0.4 is 0 Å². The second-order valence-electron chi connectivity index (χ2n) is 4.64. The molecule has 1 aromatic carbocycles. The number of hydrogen-bond donors (Lipinski definition) is 1. The van der Waals surface area contributed by atoms with Gasteiger partial charge in [-0.25, -0.2) is 8.42 Å². The first-order valence-electron chi connectivity index (χ1n) is 5.28. The molecule has 0 bridgehead atoms. The van der Waals surface area contributed by atoms with Gasteiger partial charge in [-0.1, -0.05) is 39.1 Å². The minimum absolute atomic E-state index is 0.0277. The minimum atomic E-state index is -3.90. The molecule has 0 spiro atoms. The van der Waals surface area contributed by atoms with Crippen LogP contribution in [0, 0.1) is 0 Å². The van der Waals surface area contributed by atoms with Gasteiger partial charge in [0, 0.05) is 11.5 Å². The maximum Gasteiger partial charge on any atom is 0.246 e. The molecule has 1 aromatic rings. The van der Waals surface area contributed by atoms with Gasteiger partial charge < -0.3 is 5.11 Å². The van der Waals surface area contributed by atoms with Crippen LogP contribution in [0.25, 0.3) is 0 Å². The van der Waals surface area contributed by atoms with E-state index in [0.29, 0.717) is 4.47 Å². The lowest BCUT2D eigenvalue weighted by Crippen LogP contribution is -2.47. The number of likely N-dealkylation sites (N-methyl/N-ethyl adjacent to an activating group) is 1. The molecule has 1 rings (SSSR count). The van der Waals surface area contributed by atoms with Gasteiger partial charge in [0.15, 0.2) is 0 Å². The first-order valence-corrected chi connectivity index (χ1v) is 8.27. The Morgan fingerprint density at radius 3 is 2.11 bits per heavy atom. The fraction of sp³-hybridized carbons (Fsp3) is 0.455. The second-order valence-corrected chi connectivity index (χ2v) is 8.28. The topological polar surface area (TPSA) is 57.6 Å². The molecule has 0 aliphatic carbocycles. The largest absolute Gasteiger partial charge is 0.394 e. The van der Waals surface area contributed by atoms with Crippen LogP contribution in [-0.4, -0.2) is 37.0 Å². The van der Waals surface area contributed by atoms with Gasteiger partial charge in [-0.15, -0.1) is 0 Å². The first-order chi connectivity index (χ1) is 8.54. The summed E-state index contributed by atoms with van der Waals surface area (Å²) in [7, 11) is -2.52. The molecule has 0 saturated heterocycles. The van der Waals surface area contributed by atoms with Crippen LogP contribution in [0.3, 0.4) is 0 Å². The maximum absolute atomic E-state index is 12.5. The van der Waals surface area contributed by atoms with Gasteiger partial charge >= 0.3 is 0 Å². The number of nitrogens with zero attached hydrogens (tertiary/aromatic N) is 1. The van der Waals surface area contributed by atoms with Crippen molar-refractivity contribution >= 4 is 49.2 Å². The van der Waals surface area contributed by atoms with Gasteiger partial charge in [-0.2, -0.15) is 4.31 Å². The molecule has 4 nitrogen and oxygen atoms in total. The van der Waals surface area contributed by atoms with E-state index in [-0.39, 0.29) is 21.5 Å². The van der Waals surface area contributed by atoms with Crippen molar-refractivity contribution in [1.29, 1.82) is 0 Å². The SMILES string of the molecule is CN(C(C)(C)CO)S(=O)(=O)c1c(Cl)cc(Br)cc1Cl. The molecule has 0 unspecified atom stereocenters. The van der Waals surface area contributed by atoms with Crippen molar-refractivity contribution in [3.8, 4) is 0 Å². The van der Waals surface area contributed by atoms with E-state index in [2.05, 4.69) is 15.9 Å². The Morgan fingerprint density at radius 2 is 1.74 bits per heavy atom. The summed E-state index contributed by atoms with van der Waals surface area (Å²) in [5, 5.41) is 9.33. The normalized spacial score (nSPS) is 13.1. The lowest BCUT2D eigenvalue weighted by Gasteiger charge is -2.33. The van der Waals surface area contributed by atoms with Crippen LogP contribution in [0.15, 0.2) is 21.5 Å². The third kappa shape index (κ3) is 3.43. The van der Waals surface area contributed by atoms with Crippen molar-refractivity contribution in [2.24, 2.45) is 0 Å². The predicted molar refractivity (Wildman–Crippen MR) is 80.3 cm³/mol. The standard InChI is InChI=1S/C11H14BrCl2NO3S/c1-11(2,6-16)15(3)19(17,18)10-8(13)4-7(12)5-9(10)14/h4-5,16H,6H2,1-3H3. The number of benzene rings is 1. The zero-order valence-electron chi connectivity index (χ0n) is 10.6. The molecule has 0 saturated carbocycles. The Kier molecular flexibility index (Phi) is 5.32. The van der Waals surface area contributed by atoms with Crippen LogP contribution in [0.4, 0.5) is 0 Å². The van der Waals surface area contributed by atoms with E-state index in [1.807, 2.05) is 0 Å². The average molecular weight is 391 g/mol. The van der Waals surface area contributed by atoms with E-state index in [0.717, 1.165) is 4.31 Å². The molecule has 0 amide bonds. The molecule has 1 N–H and O–H groups in total. The minimum Gasteiger partial charge on any atom is -0.394 e. The predicted octanol–water partition coefficient (Wildman–Crippen LogP) is 3.15. The maximum atomic E-state index is 12.5. The quantitative estimate of drug-likeness (QED) is 0.858. The van der Waals surface area contributed by atoms with Crippen molar-refractivity contribution < 1.29 is 13.5 Å². The molecule has 8 heteroatoms. The Bertz CT molecular complexity index is 567. The van der Waals surface area contributed by atoms with Crippen molar-refractivity contribution in [3.63, 3.8) is 0 Å². The third-order valence-electron chi connectivity index (χ3n) is 2.82. The average Bonchev–Trinajstić information content (AvgIpc) is 2.26. The van der Waals surface area contributed by atoms with E-state index in [1.165, 1.54) is 19.2 Å². The monoisotopic (exact) mass is 389 g/mol. The number of sulfonamides is 1. The summed E-state index contributed by atoms with van der Waals surface area (Å²) < 4.78 is 26.7. The summed E-state index contributed by atoms with van der Waals surface area (Å²) in [5.74, 6) is 0. The summed E-state index contributed by atoms with van der Waals surface area (Å²) >= 11 is 15.1. The highest BCUT2D eigenvalue weighted by Gasteiger charge is 2.36. The summed E-state index contributed by atoms with van der Waals surface area (Å²) in [6.07, 6.45) is 0. The summed E-state index contributed by atoms with van der Waals surface area (Å²) in [5.41, 5.74) is -0.960. The highest BCUT2D eigenvalue weighted by atomic mass is 79.9. The third-order valence-corrected chi connectivity index (χ3v) is 6.27. The van der Waals surface area contributed by atoms with Crippen LogP contribution in [0.1, 0.15) is 13.8 Å². The molecule has 19 heavy (non-hydrogen) atoms. The number of rotatable bonds is 4. The fourth-order valence-corrected chi connectivity index (χ4v) is 4.72. The van der Waals surface area contributed by atoms with E-state index in [9.17, 15) is 13.5 Å². The number of aliphatic hydroxyl groups excluding tert-OH is 1. The van der Waals surface area contributed by atoms with E-state index in [1.54, 1.807) is 13.8 Å². The summed E-state index contributed by atoms with van der Waals surface area (Å²) in [6.45, 7) is 2.88. The summed E-state index contributed by atoms with van der Waals surface area (Å²) in [6, 6.07) is 2.92. The van der Waals surface area contributed by atoms with Gasteiger partial charge in [0.05, 0.1) is 22.2 Å². The lowest BCUT2D eigenvalue weighted by atomic mass is 10.1. The molecule has 0 heterocycles. The Balaban J connectivity index is 3.45. The number of halogens is 3. The molecule has 0 fully saturated rings. The molecule has 0 atom stereocenters. The van der Waals surface area contributed by atoms with E-state index < -0.39 is 15.6 Å². The summed E-state index contributed by atoms with van der Waals surface area (Å²) in [4.78, 5) is -0.164. The molecular formula is C11H14BrCl2NO3S. The zero-order chi connectivity index (χ0) is 15.0. The number of hydrogen-bond acceptors (Lipinski definition) is 3. The van der Waals surface area contributed by atoms with Crippen molar-refractivity contribution in [3.05, 3.63) is 26.7 Å². The molecule has 0 radical (unpaired) electrons. The van der Waals surface area contributed by atoms with Crippen LogP contribution in [-0.2, 0) is 10.0 Å². The molecule has 0 aliphatic rings. The van der Waals surface area contributed by atoms with E-state index in [4.69, 9.17) is 23.2 Å². The van der Waals surface area contributed by atoms with Crippen molar-refractivity contribution in [2.45, 2.75) is 24.3 Å².